The van der Waals surface area contributed by atoms with Gasteiger partial charge in [0.2, 0.25) is 0 Å². The van der Waals surface area contributed by atoms with Gasteiger partial charge in [-0.1, -0.05) is 22.9 Å². The number of carbonyl (C=O) groups excluding carboxylic acids is 1. The predicted octanol–water partition coefficient (Wildman–Crippen LogP) is 1.53. The fourth-order valence-electron chi connectivity index (χ4n) is 2.04. The minimum atomic E-state index is -0.0738. The third-order valence-corrected chi connectivity index (χ3v) is 3.23. The minimum absolute atomic E-state index is 0.0738. The molecule has 0 unspecified atom stereocenters. The van der Waals surface area contributed by atoms with Gasteiger partial charge in [-0.3, -0.25) is 4.79 Å². The van der Waals surface area contributed by atoms with Crippen LogP contribution in [0.15, 0.2) is 23.4 Å². The number of hydrogen-bond donors (Lipinski definition) is 2. The van der Waals surface area contributed by atoms with Crippen LogP contribution in [0.1, 0.15) is 27.9 Å². The molecule has 3 N–H and O–H groups in total. The summed E-state index contributed by atoms with van der Waals surface area (Å²) < 4.78 is 5.04. The lowest BCUT2D eigenvalue weighted by molar-refractivity contribution is 0.0700. The first kappa shape index (κ1) is 17.0. The number of hydrogen-bond acceptors (Lipinski definition) is 4. The Bertz CT molecular complexity index is 515. The maximum atomic E-state index is 12.6. The Morgan fingerprint density at radius 2 is 2.10 bits per heavy atom. The van der Waals surface area contributed by atoms with Crippen LogP contribution in [0.2, 0.25) is 0 Å². The van der Waals surface area contributed by atoms with E-state index in [1.165, 1.54) is 0 Å². The molecule has 1 amide bonds. The first-order chi connectivity index (χ1) is 9.99. The molecule has 0 aromatic heterocycles. The molecular formula is C15H23N3O3. The van der Waals surface area contributed by atoms with Crippen molar-refractivity contribution in [2.45, 2.75) is 20.3 Å². The van der Waals surface area contributed by atoms with Gasteiger partial charge in [0.15, 0.2) is 0 Å². The fraction of sp³-hybridized carbons (Fsp3) is 0.467. The number of nitrogens with zero attached hydrogens (tertiary/aromatic N) is 2. The summed E-state index contributed by atoms with van der Waals surface area (Å²) in [6.45, 7) is 5.18. The van der Waals surface area contributed by atoms with Crippen LogP contribution in [0.25, 0.3) is 0 Å². The zero-order chi connectivity index (χ0) is 15.8. The monoisotopic (exact) mass is 293 g/mol. The molecule has 1 aromatic carbocycles. The van der Waals surface area contributed by atoms with E-state index < -0.39 is 0 Å². The zero-order valence-electron chi connectivity index (χ0n) is 12.8. The Morgan fingerprint density at radius 1 is 1.38 bits per heavy atom. The average molecular weight is 293 g/mol. The van der Waals surface area contributed by atoms with E-state index in [0.29, 0.717) is 31.7 Å². The molecule has 0 radical (unpaired) electrons. The van der Waals surface area contributed by atoms with Gasteiger partial charge in [-0.25, -0.2) is 0 Å². The molecule has 0 fully saturated rings. The van der Waals surface area contributed by atoms with Gasteiger partial charge in [0.05, 0.1) is 6.61 Å². The second-order valence-corrected chi connectivity index (χ2v) is 4.94. The number of carbonyl (C=O) groups is 1. The molecule has 6 heteroatoms. The minimum Gasteiger partial charge on any atom is -0.409 e. The summed E-state index contributed by atoms with van der Waals surface area (Å²) in [5.74, 6) is 0.0288. The number of rotatable bonds is 7. The summed E-state index contributed by atoms with van der Waals surface area (Å²) in [5, 5.41) is 11.5. The summed E-state index contributed by atoms with van der Waals surface area (Å²) in [5.41, 5.74) is 8.18. The molecule has 116 valence electrons. The lowest BCUT2D eigenvalue weighted by Gasteiger charge is -2.23. The molecule has 0 aliphatic rings. The molecular weight excluding hydrogens is 270 g/mol. The number of nitrogens with two attached hydrogens (primary N) is 1. The Hall–Kier alpha value is -2.08. The highest BCUT2D eigenvalue weighted by molar-refractivity contribution is 5.96. The van der Waals surface area contributed by atoms with Gasteiger partial charge in [-0.15, -0.1) is 0 Å². The van der Waals surface area contributed by atoms with E-state index in [4.69, 9.17) is 15.7 Å². The summed E-state index contributed by atoms with van der Waals surface area (Å²) in [7, 11) is 1.59. The van der Waals surface area contributed by atoms with E-state index in [0.717, 1.165) is 11.1 Å². The largest absolute Gasteiger partial charge is 0.409 e. The Morgan fingerprint density at radius 3 is 2.67 bits per heavy atom. The maximum Gasteiger partial charge on any atom is 0.254 e. The van der Waals surface area contributed by atoms with Crippen LogP contribution in [-0.4, -0.2) is 48.7 Å². The molecule has 0 atom stereocenters. The molecule has 0 aliphatic carbocycles. The number of ether oxygens (including phenoxy) is 1. The van der Waals surface area contributed by atoms with Gasteiger partial charge in [0.1, 0.15) is 5.84 Å². The van der Waals surface area contributed by atoms with Crippen molar-refractivity contribution < 1.29 is 14.7 Å². The highest BCUT2D eigenvalue weighted by Gasteiger charge is 2.17. The van der Waals surface area contributed by atoms with Crippen molar-refractivity contribution in [2.24, 2.45) is 10.9 Å². The predicted molar refractivity (Wildman–Crippen MR) is 81.7 cm³/mol. The molecule has 0 spiro atoms. The molecule has 1 rings (SSSR count). The van der Waals surface area contributed by atoms with E-state index in [1.807, 2.05) is 32.0 Å². The van der Waals surface area contributed by atoms with Crippen LogP contribution in [0.5, 0.6) is 0 Å². The normalized spacial score (nSPS) is 11.5. The molecule has 0 heterocycles. The van der Waals surface area contributed by atoms with Crippen molar-refractivity contribution in [1.82, 2.24) is 4.90 Å². The first-order valence-electron chi connectivity index (χ1n) is 6.81. The average Bonchev–Trinajstić information content (AvgIpc) is 2.46. The van der Waals surface area contributed by atoms with Crippen molar-refractivity contribution in [1.29, 1.82) is 0 Å². The van der Waals surface area contributed by atoms with Crippen LogP contribution in [0, 0.1) is 13.8 Å². The smallest absolute Gasteiger partial charge is 0.254 e. The van der Waals surface area contributed by atoms with E-state index in [-0.39, 0.29) is 11.7 Å². The van der Waals surface area contributed by atoms with Crippen LogP contribution in [0.3, 0.4) is 0 Å². The van der Waals surface area contributed by atoms with Crippen molar-refractivity contribution in [3.63, 3.8) is 0 Å². The maximum absolute atomic E-state index is 12.6. The third-order valence-electron chi connectivity index (χ3n) is 3.23. The standard InChI is InChI=1S/C15H23N3O3/c1-11-4-5-13(12(2)10-11)15(19)18(8-9-21-3)7-6-14(16)17-20/h4-5,10,20H,6-9H2,1-3H3,(H2,16,17). The third kappa shape index (κ3) is 5.07. The van der Waals surface area contributed by atoms with E-state index in [9.17, 15) is 4.79 Å². The summed E-state index contributed by atoms with van der Waals surface area (Å²) in [6, 6.07) is 5.72. The Labute approximate surface area is 125 Å². The van der Waals surface area contributed by atoms with Crippen LogP contribution in [-0.2, 0) is 4.74 Å². The molecule has 21 heavy (non-hydrogen) atoms. The summed E-state index contributed by atoms with van der Waals surface area (Å²) >= 11 is 0. The topological polar surface area (TPSA) is 88.2 Å². The molecule has 6 nitrogen and oxygen atoms in total. The number of benzene rings is 1. The summed E-state index contributed by atoms with van der Waals surface area (Å²) in [4.78, 5) is 14.3. The molecule has 0 aliphatic heterocycles. The molecule has 1 aromatic rings. The van der Waals surface area contributed by atoms with E-state index in [1.54, 1.807) is 12.0 Å². The molecule has 0 saturated carbocycles. The van der Waals surface area contributed by atoms with Crippen molar-refractivity contribution >= 4 is 11.7 Å². The Balaban J connectivity index is 2.87. The van der Waals surface area contributed by atoms with Gasteiger partial charge in [-0.05, 0) is 25.5 Å². The summed E-state index contributed by atoms with van der Waals surface area (Å²) in [6.07, 6.45) is 0.316. The van der Waals surface area contributed by atoms with Crippen molar-refractivity contribution in [2.75, 3.05) is 26.8 Å². The fourth-order valence-corrected chi connectivity index (χ4v) is 2.04. The Kier molecular flexibility index (Phi) is 6.68. The lowest BCUT2D eigenvalue weighted by atomic mass is 10.0. The zero-order valence-corrected chi connectivity index (χ0v) is 12.8. The quantitative estimate of drug-likeness (QED) is 0.345. The van der Waals surface area contributed by atoms with Crippen molar-refractivity contribution in [3.8, 4) is 0 Å². The number of amidine groups is 1. The van der Waals surface area contributed by atoms with E-state index in [2.05, 4.69) is 5.16 Å². The first-order valence-corrected chi connectivity index (χ1v) is 6.81. The van der Waals surface area contributed by atoms with Gasteiger partial charge in [-0.2, -0.15) is 0 Å². The van der Waals surface area contributed by atoms with Crippen LogP contribution in [0.4, 0.5) is 0 Å². The lowest BCUT2D eigenvalue weighted by Crippen LogP contribution is -2.36. The number of aryl methyl sites for hydroxylation is 2. The van der Waals surface area contributed by atoms with Gasteiger partial charge < -0.3 is 20.6 Å². The number of methoxy groups -OCH3 is 1. The van der Waals surface area contributed by atoms with Gasteiger partial charge in [0.25, 0.3) is 5.91 Å². The van der Waals surface area contributed by atoms with Crippen LogP contribution < -0.4 is 5.73 Å². The highest BCUT2D eigenvalue weighted by atomic mass is 16.5. The van der Waals surface area contributed by atoms with Gasteiger partial charge >= 0.3 is 0 Å². The number of oxime groups is 1. The number of amides is 1. The van der Waals surface area contributed by atoms with Crippen molar-refractivity contribution in [3.05, 3.63) is 34.9 Å². The highest BCUT2D eigenvalue weighted by Crippen LogP contribution is 2.13. The second kappa shape index (κ2) is 8.26. The van der Waals surface area contributed by atoms with Crippen LogP contribution >= 0.6 is 0 Å². The molecule has 0 bridgehead atoms. The van der Waals surface area contributed by atoms with E-state index >= 15 is 0 Å². The SMILES string of the molecule is COCCN(CCC(N)=NO)C(=O)c1ccc(C)cc1C. The second-order valence-electron chi connectivity index (χ2n) is 4.94. The van der Waals surface area contributed by atoms with Gasteiger partial charge in [0, 0.05) is 32.2 Å². The molecule has 0 saturated heterocycles.